The zero-order valence-corrected chi connectivity index (χ0v) is 24.4. The van der Waals surface area contributed by atoms with E-state index in [2.05, 4.69) is 21.5 Å². The first-order valence-corrected chi connectivity index (χ1v) is 15.8. The number of nitrogens with two attached hydrogens (primary N) is 1. The number of anilines is 2. The van der Waals surface area contributed by atoms with Crippen LogP contribution >= 0.6 is 0 Å². The van der Waals surface area contributed by atoms with Gasteiger partial charge in [-0.3, -0.25) is 19.4 Å². The number of benzene rings is 3. The average Bonchev–Trinajstić information content (AvgIpc) is 3.50. The number of ether oxygens (including phenoxy) is 1. The Bertz CT molecular complexity index is 1700. The lowest BCUT2D eigenvalue weighted by Crippen LogP contribution is -2.55. The van der Waals surface area contributed by atoms with E-state index in [1.54, 1.807) is 42.6 Å². The summed E-state index contributed by atoms with van der Waals surface area (Å²) in [5.74, 6) is -0.0575. The first-order chi connectivity index (χ1) is 20.3. The quantitative estimate of drug-likeness (QED) is 0.304. The van der Waals surface area contributed by atoms with Gasteiger partial charge in [0.25, 0.3) is 15.9 Å². The Hall–Kier alpha value is -3.99. The Morgan fingerprint density at radius 1 is 1.05 bits per heavy atom. The fraction of sp³-hybridized carbons (Fsp3) is 0.312. The molecule has 3 heterocycles. The zero-order valence-electron chi connectivity index (χ0n) is 23.6. The van der Waals surface area contributed by atoms with Crippen molar-refractivity contribution in [1.82, 2.24) is 14.8 Å². The Morgan fingerprint density at radius 3 is 2.62 bits per heavy atom. The maximum Gasteiger partial charge on any atom is 0.262 e. The molecule has 0 bridgehead atoms. The number of nitrogens with zero attached hydrogens (tertiary/aromatic N) is 3. The van der Waals surface area contributed by atoms with Crippen molar-refractivity contribution in [2.24, 2.45) is 0 Å². The van der Waals surface area contributed by atoms with Gasteiger partial charge in [0.15, 0.2) is 0 Å². The second-order valence-corrected chi connectivity index (χ2v) is 12.7. The molecular formula is C32H35N5O4S. The summed E-state index contributed by atoms with van der Waals surface area (Å²) < 4.78 is 35.7. The Balaban J connectivity index is 1.18. The van der Waals surface area contributed by atoms with Crippen molar-refractivity contribution in [3.63, 3.8) is 0 Å². The summed E-state index contributed by atoms with van der Waals surface area (Å²) >= 11 is 0. The summed E-state index contributed by atoms with van der Waals surface area (Å²) in [5.41, 5.74) is 9.24. The number of carbonyl (C=O) groups excluding carboxylic acids is 1. The molecular weight excluding hydrogens is 550 g/mol. The number of hydrogen-bond donors (Lipinski definition) is 2. The minimum absolute atomic E-state index is 0.0575. The molecule has 0 unspecified atom stereocenters. The maximum absolute atomic E-state index is 13.6. The van der Waals surface area contributed by atoms with Gasteiger partial charge in [-0.05, 0) is 68.3 Å². The number of nitrogen functional groups attached to an aromatic ring is 1. The minimum Gasteiger partial charge on any atom is -0.399 e. The molecule has 6 rings (SSSR count). The van der Waals surface area contributed by atoms with E-state index in [1.807, 2.05) is 35.2 Å². The number of nitrogens with one attached hydrogen (secondary N) is 1. The summed E-state index contributed by atoms with van der Waals surface area (Å²) in [6.07, 6.45) is 4.19. The third-order valence-corrected chi connectivity index (χ3v) is 9.50. The van der Waals surface area contributed by atoms with Crippen LogP contribution in [0.4, 0.5) is 11.4 Å². The topological polar surface area (TPSA) is 118 Å². The molecule has 1 amide bonds. The first kappa shape index (κ1) is 28.1. The van der Waals surface area contributed by atoms with E-state index >= 15 is 0 Å². The molecule has 2 fully saturated rings. The van der Waals surface area contributed by atoms with Gasteiger partial charge in [0.1, 0.15) is 0 Å². The van der Waals surface area contributed by atoms with E-state index in [-0.39, 0.29) is 16.8 Å². The lowest BCUT2D eigenvalue weighted by atomic mass is 10.0. The van der Waals surface area contributed by atoms with Crippen molar-refractivity contribution >= 4 is 38.2 Å². The maximum atomic E-state index is 13.6. The molecule has 2 saturated heterocycles. The molecule has 2 atom stereocenters. The highest BCUT2D eigenvalue weighted by Gasteiger charge is 2.30. The number of hydrogen-bond acceptors (Lipinski definition) is 7. The van der Waals surface area contributed by atoms with Crippen LogP contribution in [0.5, 0.6) is 0 Å². The number of rotatable bonds is 7. The summed E-state index contributed by atoms with van der Waals surface area (Å²) in [6, 6.07) is 20.8. The molecule has 1 aromatic heterocycles. The molecule has 218 valence electrons. The fourth-order valence-electron chi connectivity index (χ4n) is 5.95. The van der Waals surface area contributed by atoms with Gasteiger partial charge in [-0.2, -0.15) is 0 Å². The van der Waals surface area contributed by atoms with Crippen molar-refractivity contribution in [3.05, 3.63) is 84.6 Å². The smallest absolute Gasteiger partial charge is 0.262 e. The third kappa shape index (κ3) is 5.83. The highest BCUT2D eigenvalue weighted by molar-refractivity contribution is 7.92. The van der Waals surface area contributed by atoms with E-state index in [4.69, 9.17) is 10.5 Å². The van der Waals surface area contributed by atoms with Crippen molar-refractivity contribution in [2.75, 3.05) is 43.2 Å². The van der Waals surface area contributed by atoms with Crippen LogP contribution in [0.15, 0.2) is 83.9 Å². The molecule has 0 spiro atoms. The van der Waals surface area contributed by atoms with Crippen LogP contribution in [0.1, 0.15) is 30.1 Å². The molecule has 9 nitrogen and oxygen atoms in total. The van der Waals surface area contributed by atoms with Crippen LogP contribution in [-0.4, -0.2) is 74.0 Å². The van der Waals surface area contributed by atoms with E-state index < -0.39 is 10.0 Å². The van der Waals surface area contributed by atoms with Crippen LogP contribution in [0.25, 0.3) is 22.0 Å². The Labute approximate surface area is 246 Å². The second kappa shape index (κ2) is 11.7. The zero-order chi connectivity index (χ0) is 29.3. The molecule has 4 aromatic rings. The predicted molar refractivity (Wildman–Crippen MR) is 165 cm³/mol. The number of aromatic nitrogens is 1. The van der Waals surface area contributed by atoms with Gasteiger partial charge in [0, 0.05) is 78.5 Å². The van der Waals surface area contributed by atoms with Gasteiger partial charge in [-0.1, -0.05) is 24.3 Å². The van der Waals surface area contributed by atoms with Crippen LogP contribution in [0, 0.1) is 0 Å². The highest BCUT2D eigenvalue weighted by atomic mass is 32.2. The van der Waals surface area contributed by atoms with Crippen LogP contribution in [0.3, 0.4) is 0 Å². The summed E-state index contributed by atoms with van der Waals surface area (Å²) in [5, 5.41) is 0.896. The van der Waals surface area contributed by atoms with E-state index in [0.29, 0.717) is 46.2 Å². The van der Waals surface area contributed by atoms with E-state index in [1.165, 1.54) is 6.07 Å². The molecule has 10 heteroatoms. The standard InChI is InChI=1S/C32H35N5O4S/c1-22-20-36(21-27-7-4-18-41-27)16-17-37(22)32(38)24-9-12-26(13-10-24)35-42(39,40)30-14-11-25(33)19-29(30)28-8-2-5-23-6-3-15-34-31(23)28/h2-3,5-6,8-15,19,22,27,35H,4,7,16-18,20-21,33H2,1H3/t22-,27-/m1/s1. The van der Waals surface area contributed by atoms with Gasteiger partial charge >= 0.3 is 0 Å². The van der Waals surface area contributed by atoms with Crippen LogP contribution in [-0.2, 0) is 14.8 Å². The molecule has 3 N–H and O–H groups in total. The first-order valence-electron chi connectivity index (χ1n) is 14.3. The van der Waals surface area contributed by atoms with Gasteiger partial charge < -0.3 is 15.4 Å². The molecule has 0 aliphatic carbocycles. The molecule has 0 radical (unpaired) electrons. The number of pyridine rings is 1. The second-order valence-electron chi connectivity index (χ2n) is 11.1. The van der Waals surface area contributed by atoms with Crippen LogP contribution < -0.4 is 10.5 Å². The lowest BCUT2D eigenvalue weighted by Gasteiger charge is -2.40. The fourth-order valence-corrected chi connectivity index (χ4v) is 7.21. The van der Waals surface area contributed by atoms with E-state index in [9.17, 15) is 13.2 Å². The van der Waals surface area contributed by atoms with Crippen LogP contribution in [0.2, 0.25) is 0 Å². The van der Waals surface area contributed by atoms with Crippen molar-refractivity contribution in [3.8, 4) is 11.1 Å². The molecule has 2 aliphatic rings. The van der Waals surface area contributed by atoms with Crippen molar-refractivity contribution in [2.45, 2.75) is 36.8 Å². The van der Waals surface area contributed by atoms with Gasteiger partial charge in [-0.25, -0.2) is 8.42 Å². The van der Waals surface area contributed by atoms with E-state index in [0.717, 1.165) is 44.5 Å². The Kier molecular flexibility index (Phi) is 7.85. The third-order valence-electron chi connectivity index (χ3n) is 8.06. The molecule has 2 aliphatic heterocycles. The predicted octanol–water partition coefficient (Wildman–Crippen LogP) is 4.61. The highest BCUT2D eigenvalue weighted by Crippen LogP contribution is 2.34. The number of piperazine rings is 1. The number of para-hydroxylation sites is 1. The number of sulfonamides is 1. The summed E-state index contributed by atoms with van der Waals surface area (Å²) in [7, 11) is -4.00. The van der Waals surface area contributed by atoms with Gasteiger partial charge in [0.2, 0.25) is 0 Å². The molecule has 42 heavy (non-hydrogen) atoms. The van der Waals surface area contributed by atoms with Crippen molar-refractivity contribution in [1.29, 1.82) is 0 Å². The van der Waals surface area contributed by atoms with Crippen molar-refractivity contribution < 1.29 is 17.9 Å². The minimum atomic E-state index is -4.00. The van der Waals surface area contributed by atoms with Gasteiger partial charge in [-0.15, -0.1) is 0 Å². The monoisotopic (exact) mass is 585 g/mol. The number of amides is 1. The van der Waals surface area contributed by atoms with Gasteiger partial charge in [0.05, 0.1) is 16.5 Å². The lowest BCUT2D eigenvalue weighted by molar-refractivity contribution is 0.0279. The summed E-state index contributed by atoms with van der Waals surface area (Å²) in [6.45, 7) is 6.08. The molecule has 0 saturated carbocycles. The average molecular weight is 586 g/mol. The normalized spacial score (nSPS) is 19.7. The SMILES string of the molecule is C[C@@H]1CN(C[C@H]2CCCO2)CCN1C(=O)c1ccc(NS(=O)(=O)c2ccc(N)cc2-c2cccc3cccnc23)cc1. The summed E-state index contributed by atoms with van der Waals surface area (Å²) in [4.78, 5) is 22.2. The number of fused-ring (bicyclic) bond motifs is 1. The number of carbonyl (C=O) groups is 1. The molecule has 3 aromatic carbocycles. The Morgan fingerprint density at radius 2 is 1.86 bits per heavy atom. The largest absolute Gasteiger partial charge is 0.399 e.